The Bertz CT molecular complexity index is 585. The molecule has 1 N–H and O–H groups in total. The van der Waals surface area contributed by atoms with Gasteiger partial charge >= 0.3 is 5.97 Å². The summed E-state index contributed by atoms with van der Waals surface area (Å²) in [6, 6.07) is 7.83. The Balaban J connectivity index is 2.13. The Hall–Kier alpha value is -2.36. The predicted octanol–water partition coefficient (Wildman–Crippen LogP) is 1.70. The molecule has 2 aliphatic heterocycles. The number of amidine groups is 1. The zero-order valence-electron chi connectivity index (χ0n) is 9.00. The van der Waals surface area contributed by atoms with Crippen molar-refractivity contribution in [3.05, 3.63) is 53.4 Å². The maximum Gasteiger partial charge on any atom is 0.354 e. The Morgan fingerprint density at radius 3 is 3.00 bits per heavy atom. The standard InChI is InChI=1S/C13H10N2O2/c16-13(17)11-6-8-15-7-5-9-3-1-2-4-10(9)12(15)14-11/h1-7H,8H2,(H,16,17). The van der Waals surface area contributed by atoms with Crippen molar-refractivity contribution in [2.75, 3.05) is 6.54 Å². The number of carboxylic acid groups (broad SMARTS) is 1. The smallest absolute Gasteiger partial charge is 0.354 e. The summed E-state index contributed by atoms with van der Waals surface area (Å²) in [5.41, 5.74) is 2.15. The van der Waals surface area contributed by atoms with E-state index in [-0.39, 0.29) is 5.70 Å². The van der Waals surface area contributed by atoms with Crippen LogP contribution in [0, 0.1) is 0 Å². The minimum absolute atomic E-state index is 0.112. The van der Waals surface area contributed by atoms with Crippen LogP contribution in [0.4, 0.5) is 0 Å². The first-order chi connectivity index (χ1) is 8.25. The van der Waals surface area contributed by atoms with Gasteiger partial charge in [-0.3, -0.25) is 0 Å². The number of aliphatic imine (C=N–C) groups is 1. The van der Waals surface area contributed by atoms with Crippen molar-refractivity contribution in [2.45, 2.75) is 0 Å². The molecule has 4 nitrogen and oxygen atoms in total. The largest absolute Gasteiger partial charge is 0.477 e. The van der Waals surface area contributed by atoms with Crippen molar-refractivity contribution in [3.8, 4) is 0 Å². The zero-order chi connectivity index (χ0) is 11.8. The Kier molecular flexibility index (Phi) is 2.08. The molecule has 0 unspecified atom stereocenters. The first kappa shape index (κ1) is 9.84. The van der Waals surface area contributed by atoms with Crippen LogP contribution in [-0.2, 0) is 4.79 Å². The molecule has 0 fully saturated rings. The highest BCUT2D eigenvalue weighted by molar-refractivity contribution is 6.07. The van der Waals surface area contributed by atoms with Crippen LogP contribution in [0.5, 0.6) is 0 Å². The Morgan fingerprint density at radius 1 is 1.35 bits per heavy atom. The molecule has 0 spiro atoms. The number of carbonyl (C=O) groups is 1. The molecule has 0 saturated heterocycles. The Morgan fingerprint density at radius 2 is 2.18 bits per heavy atom. The number of fused-ring (bicyclic) bond motifs is 3. The topological polar surface area (TPSA) is 52.9 Å². The van der Waals surface area contributed by atoms with Crippen LogP contribution in [0.1, 0.15) is 11.1 Å². The SMILES string of the molecule is O=C(O)C1=CCN2C=Cc3ccccc3C2=N1. The average molecular weight is 226 g/mol. The molecule has 0 aromatic heterocycles. The van der Waals surface area contributed by atoms with Gasteiger partial charge in [-0.1, -0.05) is 24.3 Å². The molecule has 0 bridgehead atoms. The minimum atomic E-state index is -0.982. The highest BCUT2D eigenvalue weighted by atomic mass is 16.4. The van der Waals surface area contributed by atoms with Gasteiger partial charge in [-0.15, -0.1) is 0 Å². The third-order valence-corrected chi connectivity index (χ3v) is 2.83. The quantitative estimate of drug-likeness (QED) is 0.793. The van der Waals surface area contributed by atoms with Crippen LogP contribution in [0.3, 0.4) is 0 Å². The number of nitrogens with zero attached hydrogens (tertiary/aromatic N) is 2. The van der Waals surface area contributed by atoms with E-state index in [1.54, 1.807) is 6.08 Å². The van der Waals surface area contributed by atoms with Gasteiger partial charge in [0.1, 0.15) is 11.5 Å². The first-order valence-electron chi connectivity index (χ1n) is 5.32. The normalized spacial score (nSPS) is 16.8. The lowest BCUT2D eigenvalue weighted by Gasteiger charge is -2.28. The van der Waals surface area contributed by atoms with Crippen LogP contribution in [-0.4, -0.2) is 28.4 Å². The van der Waals surface area contributed by atoms with Gasteiger partial charge < -0.3 is 10.0 Å². The van der Waals surface area contributed by atoms with Crippen LogP contribution in [0.25, 0.3) is 6.08 Å². The predicted molar refractivity (Wildman–Crippen MR) is 64.4 cm³/mol. The monoisotopic (exact) mass is 226 g/mol. The van der Waals surface area contributed by atoms with Gasteiger partial charge in [0, 0.05) is 18.3 Å². The fraction of sp³-hybridized carbons (Fsp3) is 0.0769. The molecule has 0 atom stereocenters. The van der Waals surface area contributed by atoms with E-state index in [2.05, 4.69) is 4.99 Å². The van der Waals surface area contributed by atoms with Gasteiger partial charge in [-0.2, -0.15) is 0 Å². The number of rotatable bonds is 1. The molecule has 0 radical (unpaired) electrons. The molecule has 84 valence electrons. The highest BCUT2D eigenvalue weighted by Crippen LogP contribution is 2.23. The number of hydrogen-bond donors (Lipinski definition) is 1. The molecule has 0 aliphatic carbocycles. The van der Waals surface area contributed by atoms with E-state index < -0.39 is 5.97 Å². The fourth-order valence-corrected chi connectivity index (χ4v) is 1.99. The molecule has 0 amide bonds. The highest BCUT2D eigenvalue weighted by Gasteiger charge is 2.22. The summed E-state index contributed by atoms with van der Waals surface area (Å²) in [4.78, 5) is 17.1. The summed E-state index contributed by atoms with van der Waals surface area (Å²) in [5.74, 6) is -0.271. The van der Waals surface area contributed by atoms with Crippen molar-refractivity contribution < 1.29 is 9.90 Å². The molecular weight excluding hydrogens is 216 g/mol. The molecule has 17 heavy (non-hydrogen) atoms. The summed E-state index contributed by atoms with van der Waals surface area (Å²) in [6.07, 6.45) is 5.55. The maximum atomic E-state index is 10.9. The fourth-order valence-electron chi connectivity index (χ4n) is 1.99. The lowest BCUT2D eigenvalue weighted by Crippen LogP contribution is -2.33. The van der Waals surface area contributed by atoms with E-state index in [0.29, 0.717) is 12.4 Å². The second-order valence-corrected chi connectivity index (χ2v) is 3.89. The summed E-state index contributed by atoms with van der Waals surface area (Å²) < 4.78 is 0. The van der Waals surface area contributed by atoms with Gasteiger partial charge in [-0.25, -0.2) is 9.79 Å². The lowest BCUT2D eigenvalue weighted by atomic mass is 10.0. The van der Waals surface area contributed by atoms with E-state index in [0.717, 1.165) is 11.1 Å². The van der Waals surface area contributed by atoms with Crippen LogP contribution in [0.2, 0.25) is 0 Å². The van der Waals surface area contributed by atoms with Crippen LogP contribution < -0.4 is 0 Å². The number of carboxylic acids is 1. The van der Waals surface area contributed by atoms with Crippen LogP contribution >= 0.6 is 0 Å². The second-order valence-electron chi connectivity index (χ2n) is 3.89. The summed E-state index contributed by atoms with van der Waals surface area (Å²) >= 11 is 0. The van der Waals surface area contributed by atoms with Gasteiger partial charge in [0.05, 0.1) is 0 Å². The van der Waals surface area contributed by atoms with Crippen molar-refractivity contribution in [1.29, 1.82) is 0 Å². The lowest BCUT2D eigenvalue weighted by molar-refractivity contribution is -0.132. The summed E-state index contributed by atoms with van der Waals surface area (Å²) in [7, 11) is 0. The van der Waals surface area contributed by atoms with E-state index in [4.69, 9.17) is 5.11 Å². The van der Waals surface area contributed by atoms with Gasteiger partial charge in [0.2, 0.25) is 0 Å². The molecule has 1 aromatic carbocycles. The van der Waals surface area contributed by atoms with Crippen LogP contribution in [0.15, 0.2) is 47.2 Å². The van der Waals surface area contributed by atoms with E-state index >= 15 is 0 Å². The van der Waals surface area contributed by atoms with E-state index in [1.165, 1.54) is 0 Å². The van der Waals surface area contributed by atoms with Crippen molar-refractivity contribution in [1.82, 2.24) is 4.90 Å². The molecule has 0 saturated carbocycles. The maximum absolute atomic E-state index is 10.9. The average Bonchev–Trinajstić information content (AvgIpc) is 2.38. The minimum Gasteiger partial charge on any atom is -0.477 e. The molecule has 1 aromatic rings. The molecule has 3 rings (SSSR count). The van der Waals surface area contributed by atoms with E-state index in [9.17, 15) is 4.79 Å². The summed E-state index contributed by atoms with van der Waals surface area (Å²) in [6.45, 7) is 0.547. The zero-order valence-corrected chi connectivity index (χ0v) is 9.00. The molecule has 2 aliphatic rings. The summed E-state index contributed by atoms with van der Waals surface area (Å²) in [5, 5.41) is 8.96. The third-order valence-electron chi connectivity index (χ3n) is 2.83. The molecule has 4 heteroatoms. The van der Waals surface area contributed by atoms with Gasteiger partial charge in [0.15, 0.2) is 0 Å². The number of aliphatic carboxylic acids is 1. The van der Waals surface area contributed by atoms with Gasteiger partial charge in [-0.05, 0) is 17.7 Å². The van der Waals surface area contributed by atoms with Crippen molar-refractivity contribution in [2.24, 2.45) is 4.99 Å². The number of hydrogen-bond acceptors (Lipinski definition) is 3. The Labute approximate surface area is 98.2 Å². The second kappa shape index (κ2) is 3.59. The third kappa shape index (κ3) is 1.54. The van der Waals surface area contributed by atoms with Crippen molar-refractivity contribution in [3.63, 3.8) is 0 Å². The van der Waals surface area contributed by atoms with E-state index in [1.807, 2.05) is 41.4 Å². The molecular formula is C13H10N2O2. The first-order valence-corrected chi connectivity index (χ1v) is 5.32. The van der Waals surface area contributed by atoms with Crippen molar-refractivity contribution >= 4 is 17.9 Å². The van der Waals surface area contributed by atoms with Gasteiger partial charge in [0.25, 0.3) is 0 Å². The molecule has 2 heterocycles. The number of benzene rings is 1.